The first kappa shape index (κ1) is 12.9. The largest absolute Gasteiger partial charge is 0.328 e. The van der Waals surface area contributed by atoms with E-state index in [1.807, 2.05) is 18.5 Å². The Morgan fingerprint density at radius 1 is 1.53 bits per heavy atom. The van der Waals surface area contributed by atoms with Crippen molar-refractivity contribution >= 4 is 33.2 Å². The molecule has 0 saturated carbocycles. The van der Waals surface area contributed by atoms with Crippen molar-refractivity contribution in [3.8, 4) is 0 Å². The van der Waals surface area contributed by atoms with Crippen LogP contribution >= 0.6 is 12.2 Å². The van der Waals surface area contributed by atoms with Gasteiger partial charge in [-0.25, -0.2) is 8.42 Å². The molecule has 1 atom stereocenters. The number of nitrogens with zero attached hydrogens (tertiary/aromatic N) is 3. The molecule has 0 aromatic carbocycles. The number of hydrogen-bond donors (Lipinski definition) is 1. The maximum atomic E-state index is 11.9. The molecule has 3 rings (SSSR count). The van der Waals surface area contributed by atoms with Crippen LogP contribution in [0.5, 0.6) is 0 Å². The summed E-state index contributed by atoms with van der Waals surface area (Å²) >= 11 is 5.31. The Balaban J connectivity index is 2.11. The fraction of sp³-hybridized carbons (Fsp3) is 0.636. The van der Waals surface area contributed by atoms with Gasteiger partial charge in [0.2, 0.25) is 0 Å². The Bertz CT molecular complexity index is 797. The van der Waals surface area contributed by atoms with Gasteiger partial charge in [-0.2, -0.15) is 5.10 Å². The molecule has 6 nitrogen and oxygen atoms in total. The molecule has 0 spiro atoms. The van der Waals surface area contributed by atoms with E-state index < -0.39 is 9.84 Å². The summed E-state index contributed by atoms with van der Waals surface area (Å²) in [6, 6.07) is 0. The molecule has 1 saturated heterocycles. The molecule has 0 radical (unpaired) electrons. The minimum Gasteiger partial charge on any atom is -0.328 e. The summed E-state index contributed by atoms with van der Waals surface area (Å²) in [5.41, 5.74) is 2.63. The molecule has 8 heteroatoms. The van der Waals surface area contributed by atoms with Gasteiger partial charge in [-0.15, -0.1) is 0 Å². The molecular formula is C11H16N4O2S2. The number of sulfone groups is 1. The Kier molecular flexibility index (Phi) is 2.82. The molecule has 1 unspecified atom stereocenters. The number of aryl methyl sites for hydroxylation is 2. The van der Waals surface area contributed by atoms with Crippen LogP contribution < -0.4 is 0 Å². The third-order valence-corrected chi connectivity index (χ3v) is 6.35. The standard InChI is InChI=1S/C11H16N4O2S2/c1-7-9-10(14(2)13-7)15(11(18)12-9)6-8-4-3-5-19(8,16)17/h8H,3-6H2,1-2H3,(H,12,18). The van der Waals surface area contributed by atoms with E-state index in [-0.39, 0.29) is 5.25 Å². The highest BCUT2D eigenvalue weighted by Gasteiger charge is 2.32. The Labute approximate surface area is 116 Å². The van der Waals surface area contributed by atoms with Gasteiger partial charge in [0.05, 0.1) is 16.7 Å². The Hall–Kier alpha value is -1.15. The maximum Gasteiger partial charge on any atom is 0.179 e. The van der Waals surface area contributed by atoms with Crippen molar-refractivity contribution in [3.63, 3.8) is 0 Å². The molecule has 2 aromatic rings. The van der Waals surface area contributed by atoms with Gasteiger partial charge >= 0.3 is 0 Å². The third-order valence-electron chi connectivity index (χ3n) is 3.77. The van der Waals surface area contributed by atoms with E-state index in [4.69, 9.17) is 12.2 Å². The first-order valence-corrected chi connectivity index (χ1v) is 8.36. The Morgan fingerprint density at radius 3 is 2.89 bits per heavy atom. The van der Waals surface area contributed by atoms with Gasteiger partial charge in [-0.05, 0) is 32.0 Å². The van der Waals surface area contributed by atoms with Gasteiger partial charge in [-0.1, -0.05) is 0 Å². The zero-order valence-electron chi connectivity index (χ0n) is 10.9. The smallest absolute Gasteiger partial charge is 0.179 e. The summed E-state index contributed by atoms with van der Waals surface area (Å²) in [6.45, 7) is 2.32. The topological polar surface area (TPSA) is 72.7 Å². The zero-order valence-corrected chi connectivity index (χ0v) is 12.5. The van der Waals surface area contributed by atoms with Crippen molar-refractivity contribution in [2.45, 2.75) is 31.6 Å². The lowest BCUT2D eigenvalue weighted by Gasteiger charge is -2.11. The minimum absolute atomic E-state index is 0.295. The van der Waals surface area contributed by atoms with Crippen LogP contribution in [0.3, 0.4) is 0 Å². The predicted molar refractivity (Wildman–Crippen MR) is 75.4 cm³/mol. The zero-order chi connectivity index (χ0) is 13.8. The Morgan fingerprint density at radius 2 is 2.26 bits per heavy atom. The maximum absolute atomic E-state index is 11.9. The van der Waals surface area contributed by atoms with Crippen LogP contribution in [0.25, 0.3) is 11.2 Å². The number of fused-ring (bicyclic) bond motifs is 1. The van der Waals surface area contributed by atoms with Crippen molar-refractivity contribution in [1.82, 2.24) is 19.3 Å². The van der Waals surface area contributed by atoms with Gasteiger partial charge in [0.1, 0.15) is 5.52 Å². The van der Waals surface area contributed by atoms with Crippen LogP contribution in [0.1, 0.15) is 18.5 Å². The van der Waals surface area contributed by atoms with Crippen molar-refractivity contribution < 1.29 is 8.42 Å². The molecule has 2 aromatic heterocycles. The summed E-state index contributed by atoms with van der Waals surface area (Å²) in [5, 5.41) is 4.01. The van der Waals surface area contributed by atoms with E-state index in [2.05, 4.69) is 10.1 Å². The molecule has 1 aliphatic rings. The van der Waals surface area contributed by atoms with Gasteiger partial charge in [-0.3, -0.25) is 4.68 Å². The second-order valence-electron chi connectivity index (χ2n) is 5.08. The van der Waals surface area contributed by atoms with E-state index in [0.29, 0.717) is 23.5 Å². The highest BCUT2D eigenvalue weighted by atomic mass is 32.2. The average Bonchev–Trinajstić information content (AvgIpc) is 2.89. The highest BCUT2D eigenvalue weighted by Crippen LogP contribution is 2.24. The van der Waals surface area contributed by atoms with Crippen LogP contribution in [0.2, 0.25) is 0 Å². The van der Waals surface area contributed by atoms with Crippen LogP contribution in [-0.2, 0) is 23.4 Å². The lowest BCUT2D eigenvalue weighted by molar-refractivity contribution is 0.563. The molecule has 0 aliphatic carbocycles. The molecule has 1 N–H and O–H groups in total. The summed E-state index contributed by atoms with van der Waals surface area (Å²) in [4.78, 5) is 3.12. The van der Waals surface area contributed by atoms with Crippen LogP contribution in [-0.4, -0.2) is 38.8 Å². The van der Waals surface area contributed by atoms with Crippen molar-refractivity contribution in [1.29, 1.82) is 0 Å². The molecule has 19 heavy (non-hydrogen) atoms. The van der Waals surface area contributed by atoms with E-state index in [9.17, 15) is 8.42 Å². The average molecular weight is 300 g/mol. The molecule has 3 heterocycles. The number of rotatable bonds is 2. The summed E-state index contributed by atoms with van der Waals surface area (Å²) < 4.78 is 28.1. The third kappa shape index (κ3) is 1.93. The predicted octanol–water partition coefficient (Wildman–Crippen LogP) is 1.32. The monoisotopic (exact) mass is 300 g/mol. The van der Waals surface area contributed by atoms with E-state index in [0.717, 1.165) is 23.3 Å². The van der Waals surface area contributed by atoms with Crippen LogP contribution in [0.15, 0.2) is 0 Å². The van der Waals surface area contributed by atoms with Crippen molar-refractivity contribution in [3.05, 3.63) is 10.5 Å². The molecule has 0 amide bonds. The van der Waals surface area contributed by atoms with Gasteiger partial charge in [0.25, 0.3) is 0 Å². The SMILES string of the molecule is Cc1nn(C)c2c1[nH]c(=S)n2CC1CCCS1(=O)=O. The summed E-state index contributed by atoms with van der Waals surface area (Å²) in [7, 11) is -1.12. The van der Waals surface area contributed by atoms with E-state index in [1.165, 1.54) is 0 Å². The molecule has 0 bridgehead atoms. The van der Waals surface area contributed by atoms with Gasteiger partial charge in [0, 0.05) is 13.6 Å². The van der Waals surface area contributed by atoms with Gasteiger partial charge < -0.3 is 9.55 Å². The van der Waals surface area contributed by atoms with Crippen molar-refractivity contribution in [2.75, 3.05) is 5.75 Å². The lowest BCUT2D eigenvalue weighted by Crippen LogP contribution is -2.22. The number of imidazole rings is 1. The first-order valence-electron chi connectivity index (χ1n) is 6.24. The lowest BCUT2D eigenvalue weighted by atomic mass is 10.2. The number of nitrogens with one attached hydrogen (secondary N) is 1. The normalized spacial score (nSPS) is 22.3. The fourth-order valence-corrected chi connectivity index (χ4v) is 4.88. The molecule has 104 valence electrons. The number of H-pyrrole nitrogens is 1. The van der Waals surface area contributed by atoms with Gasteiger partial charge in [0.15, 0.2) is 20.3 Å². The quantitative estimate of drug-likeness (QED) is 0.849. The highest BCUT2D eigenvalue weighted by molar-refractivity contribution is 7.92. The summed E-state index contributed by atoms with van der Waals surface area (Å²) in [6.07, 6.45) is 1.46. The van der Waals surface area contributed by atoms with E-state index in [1.54, 1.807) is 4.68 Å². The first-order chi connectivity index (χ1) is 8.90. The number of aromatic amines is 1. The fourth-order valence-electron chi connectivity index (χ4n) is 2.81. The van der Waals surface area contributed by atoms with E-state index >= 15 is 0 Å². The summed E-state index contributed by atoms with van der Waals surface area (Å²) in [5.74, 6) is 0.295. The second-order valence-corrected chi connectivity index (χ2v) is 7.87. The molecule has 1 aliphatic heterocycles. The minimum atomic E-state index is -2.97. The van der Waals surface area contributed by atoms with Crippen LogP contribution in [0, 0.1) is 11.7 Å². The number of hydrogen-bond acceptors (Lipinski definition) is 4. The van der Waals surface area contributed by atoms with Crippen molar-refractivity contribution in [2.24, 2.45) is 7.05 Å². The van der Waals surface area contributed by atoms with Crippen LogP contribution in [0.4, 0.5) is 0 Å². The molecule has 1 fully saturated rings. The second kappa shape index (κ2) is 4.17. The molecular weight excluding hydrogens is 284 g/mol. The number of aromatic nitrogens is 4.